The molecule has 4 aromatic carbocycles. The fraction of sp³-hybridized carbons (Fsp3) is 0.0238. The number of aldehydes is 1. The number of rotatable bonds is 8. The molecule has 273 valence electrons. The van der Waals surface area contributed by atoms with Gasteiger partial charge in [0.15, 0.2) is 6.29 Å². The van der Waals surface area contributed by atoms with Gasteiger partial charge in [-0.3, -0.25) is 14.8 Å². The Morgan fingerprint density at radius 1 is 0.564 bits per heavy atom. The van der Waals surface area contributed by atoms with Crippen molar-refractivity contribution < 1.29 is 41.2 Å². The van der Waals surface area contributed by atoms with Gasteiger partial charge in [-0.1, -0.05) is 84.9 Å². The van der Waals surface area contributed by atoms with Crippen LogP contribution >= 0.6 is 0 Å². The number of halogens is 2. The summed E-state index contributed by atoms with van der Waals surface area (Å²) in [4.78, 5) is 20.4. The third kappa shape index (κ3) is 8.72. The van der Waals surface area contributed by atoms with Crippen LogP contribution in [0.25, 0.3) is 56.4 Å². The van der Waals surface area contributed by atoms with Gasteiger partial charge in [0, 0.05) is 27.8 Å². The van der Waals surface area contributed by atoms with Gasteiger partial charge >= 0.3 is 22.5 Å². The molecule has 55 heavy (non-hydrogen) atoms. The van der Waals surface area contributed by atoms with Crippen LogP contribution in [0.15, 0.2) is 158 Å². The molecule has 4 aromatic heterocycles. The molecule has 0 unspecified atom stereocenters. The zero-order valence-corrected chi connectivity index (χ0v) is 30.0. The van der Waals surface area contributed by atoms with Crippen LogP contribution in [0.3, 0.4) is 0 Å². The molecule has 8 rings (SSSR count). The van der Waals surface area contributed by atoms with Crippen LogP contribution in [0.4, 0.5) is 8.78 Å². The van der Waals surface area contributed by atoms with Gasteiger partial charge in [0.2, 0.25) is 0 Å². The van der Waals surface area contributed by atoms with E-state index >= 15 is 0 Å². The molecule has 0 aliphatic carbocycles. The number of aliphatic hydroxyl groups excluding tert-OH is 1. The standard InChI is InChI=1S/C21H16FN3O.C21H14FN3O.Mn.2O/c2*22-19-9-5-4-8-18(19)21-16(14-26)12-24-25(21)17-10-11-20(23-13-17)15-6-2-1-3-7-15;;;/h1-13,26H,14H2;1-14H;;;. The van der Waals surface area contributed by atoms with Crippen LogP contribution in [0.1, 0.15) is 15.9 Å². The van der Waals surface area contributed by atoms with Gasteiger partial charge < -0.3 is 5.11 Å². The fourth-order valence-corrected chi connectivity index (χ4v) is 5.78. The molecule has 1 N–H and O–H groups in total. The Balaban J connectivity index is 0.000000175. The second-order valence-corrected chi connectivity index (χ2v) is 11.8. The van der Waals surface area contributed by atoms with Crippen LogP contribution < -0.4 is 0 Å². The van der Waals surface area contributed by atoms with Crippen molar-refractivity contribution in [3.63, 3.8) is 0 Å². The first-order valence-corrected chi connectivity index (χ1v) is 17.6. The summed E-state index contributed by atoms with van der Waals surface area (Å²) in [5, 5.41) is 18.2. The molecular weight excluding hydrogens is 745 g/mol. The van der Waals surface area contributed by atoms with E-state index in [1.807, 2.05) is 84.9 Å². The Kier molecular flexibility index (Phi) is 12.6. The molecule has 8 aromatic rings. The van der Waals surface area contributed by atoms with Crippen molar-refractivity contribution in [3.05, 3.63) is 181 Å². The van der Waals surface area contributed by atoms with Crippen molar-refractivity contribution in [2.75, 3.05) is 0 Å². The molecule has 0 aliphatic rings. The van der Waals surface area contributed by atoms with Gasteiger partial charge in [-0.2, -0.15) is 10.2 Å². The molecule has 0 atom stereocenters. The van der Waals surface area contributed by atoms with Gasteiger partial charge in [0.05, 0.1) is 71.1 Å². The zero-order chi connectivity index (χ0) is 38.6. The average molecular weight is 776 g/mol. The molecule has 4 heterocycles. The monoisotopic (exact) mass is 775 g/mol. The molecular formula is C42H30F2MnN6O4. The normalized spacial score (nSPS) is 10.4. The average Bonchev–Trinajstić information content (AvgIpc) is 3.87. The van der Waals surface area contributed by atoms with E-state index in [0.29, 0.717) is 51.3 Å². The molecule has 0 saturated carbocycles. The molecule has 0 fully saturated rings. The second kappa shape index (κ2) is 18.3. The predicted octanol–water partition coefficient (Wildman–Crippen LogP) is 8.55. The summed E-state index contributed by atoms with van der Waals surface area (Å²) >= 11 is -1.44. The van der Waals surface area contributed by atoms with E-state index in [4.69, 9.17) is 7.67 Å². The summed E-state index contributed by atoms with van der Waals surface area (Å²) in [7, 11) is 0. The van der Waals surface area contributed by atoms with E-state index < -0.39 is 20.6 Å². The third-order valence-corrected chi connectivity index (χ3v) is 8.32. The second-order valence-electron chi connectivity index (χ2n) is 11.6. The van der Waals surface area contributed by atoms with Crippen LogP contribution in [0.5, 0.6) is 0 Å². The molecule has 0 amide bonds. The molecule has 0 radical (unpaired) electrons. The Bertz CT molecular complexity index is 2540. The van der Waals surface area contributed by atoms with Crippen molar-refractivity contribution in [1.82, 2.24) is 29.5 Å². The van der Waals surface area contributed by atoms with Gasteiger partial charge in [-0.05, 0) is 48.5 Å². The zero-order valence-electron chi connectivity index (χ0n) is 28.8. The van der Waals surface area contributed by atoms with Gasteiger partial charge in [-0.25, -0.2) is 18.1 Å². The first-order valence-electron chi connectivity index (χ1n) is 16.6. The van der Waals surface area contributed by atoms with Crippen LogP contribution in [0.2, 0.25) is 0 Å². The SMILES string of the molecule is O=Cc1cnn(-c2ccc(-c3ccccc3)nc2)c1-c1ccccc1F.OCc1cnn(-c2ccc(-c3ccccc3)nc2)c1-c1ccccc1F.[O]=[Mn]=[O]. The number of nitrogens with zero attached hydrogens (tertiary/aromatic N) is 6. The Morgan fingerprint density at radius 3 is 1.44 bits per heavy atom. The molecule has 0 spiro atoms. The van der Waals surface area contributed by atoms with Crippen LogP contribution in [-0.4, -0.2) is 40.9 Å². The van der Waals surface area contributed by atoms with Crippen molar-refractivity contribution in [3.8, 4) is 56.4 Å². The summed E-state index contributed by atoms with van der Waals surface area (Å²) in [6, 6.07) is 39.9. The first-order chi connectivity index (χ1) is 27.0. The molecule has 10 nitrogen and oxygen atoms in total. The number of hydrogen-bond acceptors (Lipinski definition) is 8. The van der Waals surface area contributed by atoms with E-state index in [0.717, 1.165) is 22.5 Å². The van der Waals surface area contributed by atoms with Gasteiger partial charge in [-0.15, -0.1) is 0 Å². The summed E-state index contributed by atoms with van der Waals surface area (Å²) in [6.45, 7) is -0.223. The number of carbonyl (C=O) groups is 1. The van der Waals surface area contributed by atoms with E-state index in [2.05, 4.69) is 20.2 Å². The summed E-state index contributed by atoms with van der Waals surface area (Å²) in [5.74, 6) is -0.774. The minimum atomic E-state index is -1.44. The fourth-order valence-electron chi connectivity index (χ4n) is 5.78. The maximum absolute atomic E-state index is 14.3. The molecule has 13 heteroatoms. The van der Waals surface area contributed by atoms with E-state index in [9.17, 15) is 18.7 Å². The summed E-state index contributed by atoms with van der Waals surface area (Å²) < 4.78 is 48.5. The van der Waals surface area contributed by atoms with Crippen LogP contribution in [0, 0.1) is 11.6 Å². The van der Waals surface area contributed by atoms with Crippen LogP contribution in [-0.2, 0) is 29.1 Å². The number of aliphatic hydroxyl groups is 1. The van der Waals surface area contributed by atoms with E-state index in [1.54, 1.807) is 59.7 Å². The Hall–Kier alpha value is -6.79. The maximum atomic E-state index is 14.3. The van der Waals surface area contributed by atoms with Crippen molar-refractivity contribution in [1.29, 1.82) is 0 Å². The number of benzene rings is 4. The molecule has 0 saturated heterocycles. The predicted molar refractivity (Wildman–Crippen MR) is 197 cm³/mol. The summed E-state index contributed by atoms with van der Waals surface area (Å²) in [6.07, 6.45) is 7.01. The quantitative estimate of drug-likeness (QED) is 0.120. The van der Waals surface area contributed by atoms with Crippen molar-refractivity contribution in [2.45, 2.75) is 6.61 Å². The van der Waals surface area contributed by atoms with Crippen molar-refractivity contribution in [2.24, 2.45) is 0 Å². The first kappa shape index (κ1) is 38.0. The topological polar surface area (TPSA) is 133 Å². The minimum absolute atomic E-state index is 0.223. The Morgan fingerprint density at radius 2 is 1.00 bits per heavy atom. The number of aromatic nitrogens is 6. The van der Waals surface area contributed by atoms with Gasteiger partial charge in [0.25, 0.3) is 0 Å². The van der Waals surface area contributed by atoms with E-state index in [-0.39, 0.29) is 12.4 Å². The molecule has 0 aliphatic heterocycles. The molecule has 0 bridgehead atoms. The summed E-state index contributed by atoms with van der Waals surface area (Å²) in [5.41, 5.74) is 7.56. The van der Waals surface area contributed by atoms with Gasteiger partial charge in [0.1, 0.15) is 11.6 Å². The number of carbonyl (C=O) groups excluding carboxylic acids is 1. The third-order valence-electron chi connectivity index (χ3n) is 8.32. The van der Waals surface area contributed by atoms with Crippen molar-refractivity contribution >= 4 is 6.29 Å². The number of pyridine rings is 2. The number of hydrogen-bond donors (Lipinski definition) is 1. The Labute approximate surface area is 320 Å². The van der Waals surface area contributed by atoms with E-state index in [1.165, 1.54) is 23.0 Å².